The highest BCUT2D eigenvalue weighted by molar-refractivity contribution is 6.30. The van der Waals surface area contributed by atoms with E-state index in [2.05, 4.69) is 5.32 Å². The minimum absolute atomic E-state index is 0.0144. The van der Waals surface area contributed by atoms with Gasteiger partial charge in [-0.2, -0.15) is 0 Å². The van der Waals surface area contributed by atoms with E-state index in [9.17, 15) is 4.79 Å². The Bertz CT molecular complexity index is 611. The van der Waals surface area contributed by atoms with Gasteiger partial charge in [0.2, 0.25) is 5.91 Å². The lowest BCUT2D eigenvalue weighted by atomic mass is 10.2. The average molecular weight is 334 g/mol. The van der Waals surface area contributed by atoms with Gasteiger partial charge >= 0.3 is 0 Å². The molecule has 0 aliphatic heterocycles. The number of hydrogen-bond acceptors (Lipinski definition) is 3. The van der Waals surface area contributed by atoms with Crippen molar-refractivity contribution in [3.8, 4) is 11.5 Å². The SMILES string of the molecule is COc1ccc(CNC(=O)CCCOc2ccc(Cl)cc2)cc1. The van der Waals surface area contributed by atoms with Crippen LogP contribution in [0.5, 0.6) is 11.5 Å². The first-order valence-electron chi connectivity index (χ1n) is 7.45. The summed E-state index contributed by atoms with van der Waals surface area (Å²) in [7, 11) is 1.63. The van der Waals surface area contributed by atoms with Crippen molar-refractivity contribution in [1.82, 2.24) is 5.32 Å². The molecule has 122 valence electrons. The maximum atomic E-state index is 11.8. The lowest BCUT2D eigenvalue weighted by Gasteiger charge is -2.08. The summed E-state index contributed by atoms with van der Waals surface area (Å²) in [5, 5.41) is 3.57. The number of methoxy groups -OCH3 is 1. The van der Waals surface area contributed by atoms with Crippen LogP contribution < -0.4 is 14.8 Å². The monoisotopic (exact) mass is 333 g/mol. The summed E-state index contributed by atoms with van der Waals surface area (Å²) in [6.07, 6.45) is 1.10. The molecule has 1 N–H and O–H groups in total. The largest absolute Gasteiger partial charge is 0.497 e. The summed E-state index contributed by atoms with van der Waals surface area (Å²) in [6.45, 7) is 1.01. The number of ether oxygens (including phenoxy) is 2. The van der Waals surface area contributed by atoms with Crippen LogP contribution in [-0.2, 0) is 11.3 Å². The van der Waals surface area contributed by atoms with Gasteiger partial charge in [-0.1, -0.05) is 23.7 Å². The van der Waals surface area contributed by atoms with Gasteiger partial charge in [0, 0.05) is 18.0 Å². The first-order valence-corrected chi connectivity index (χ1v) is 7.83. The number of amides is 1. The van der Waals surface area contributed by atoms with Crippen molar-refractivity contribution in [2.24, 2.45) is 0 Å². The van der Waals surface area contributed by atoms with Gasteiger partial charge < -0.3 is 14.8 Å². The van der Waals surface area contributed by atoms with Gasteiger partial charge in [-0.15, -0.1) is 0 Å². The van der Waals surface area contributed by atoms with E-state index in [1.807, 2.05) is 36.4 Å². The maximum Gasteiger partial charge on any atom is 0.220 e. The second-order valence-corrected chi connectivity index (χ2v) is 5.47. The van der Waals surface area contributed by atoms with Crippen LogP contribution in [0, 0.1) is 0 Å². The Kier molecular flexibility index (Phi) is 6.76. The molecule has 2 aromatic carbocycles. The molecule has 2 rings (SSSR count). The van der Waals surface area contributed by atoms with E-state index in [1.165, 1.54) is 0 Å². The van der Waals surface area contributed by atoms with Crippen molar-refractivity contribution in [1.29, 1.82) is 0 Å². The zero-order valence-electron chi connectivity index (χ0n) is 13.0. The van der Waals surface area contributed by atoms with E-state index in [-0.39, 0.29) is 5.91 Å². The number of rotatable bonds is 8. The summed E-state index contributed by atoms with van der Waals surface area (Å²) in [5.41, 5.74) is 1.04. The molecule has 0 aliphatic rings. The van der Waals surface area contributed by atoms with Crippen LogP contribution in [0.3, 0.4) is 0 Å². The predicted octanol–water partition coefficient (Wildman–Crippen LogP) is 3.82. The molecule has 1 amide bonds. The van der Waals surface area contributed by atoms with E-state index in [1.54, 1.807) is 19.2 Å². The fourth-order valence-corrected chi connectivity index (χ4v) is 2.11. The van der Waals surface area contributed by atoms with Crippen LogP contribution in [0.4, 0.5) is 0 Å². The number of nitrogens with one attached hydrogen (secondary N) is 1. The summed E-state index contributed by atoms with van der Waals surface area (Å²) < 4.78 is 10.6. The highest BCUT2D eigenvalue weighted by Crippen LogP contribution is 2.15. The van der Waals surface area contributed by atoms with Gasteiger partial charge in [0.05, 0.1) is 13.7 Å². The van der Waals surface area contributed by atoms with E-state index in [0.29, 0.717) is 31.0 Å². The topological polar surface area (TPSA) is 47.6 Å². The second kappa shape index (κ2) is 9.06. The van der Waals surface area contributed by atoms with Gasteiger partial charge in [-0.05, 0) is 48.4 Å². The van der Waals surface area contributed by atoms with Gasteiger partial charge in [-0.3, -0.25) is 4.79 Å². The molecule has 2 aromatic rings. The van der Waals surface area contributed by atoms with Gasteiger partial charge in [0.15, 0.2) is 0 Å². The number of halogens is 1. The third-order valence-corrected chi connectivity index (χ3v) is 3.53. The van der Waals surface area contributed by atoms with Gasteiger partial charge in [0.1, 0.15) is 11.5 Å². The number of carbonyl (C=O) groups excluding carboxylic acids is 1. The molecule has 0 heterocycles. The quantitative estimate of drug-likeness (QED) is 0.747. The van der Waals surface area contributed by atoms with Crippen molar-refractivity contribution in [3.63, 3.8) is 0 Å². The molecule has 0 bridgehead atoms. The summed E-state index contributed by atoms with van der Waals surface area (Å²) >= 11 is 5.80. The molecule has 0 unspecified atom stereocenters. The zero-order chi connectivity index (χ0) is 16.5. The zero-order valence-corrected chi connectivity index (χ0v) is 13.8. The molecule has 0 fully saturated rings. The maximum absolute atomic E-state index is 11.8. The molecule has 23 heavy (non-hydrogen) atoms. The first-order chi connectivity index (χ1) is 11.2. The van der Waals surface area contributed by atoms with Crippen LogP contribution in [0.25, 0.3) is 0 Å². The third-order valence-electron chi connectivity index (χ3n) is 3.28. The normalized spacial score (nSPS) is 10.2. The van der Waals surface area contributed by atoms with Crippen LogP contribution in [0.2, 0.25) is 5.02 Å². The van der Waals surface area contributed by atoms with Gasteiger partial charge in [-0.25, -0.2) is 0 Å². The summed E-state index contributed by atoms with van der Waals surface area (Å²) in [6, 6.07) is 14.8. The lowest BCUT2D eigenvalue weighted by molar-refractivity contribution is -0.121. The highest BCUT2D eigenvalue weighted by Gasteiger charge is 2.02. The molecule has 0 radical (unpaired) electrons. The minimum Gasteiger partial charge on any atom is -0.497 e. The Hall–Kier alpha value is -2.20. The molecule has 0 aromatic heterocycles. The number of benzene rings is 2. The van der Waals surface area contributed by atoms with Crippen molar-refractivity contribution < 1.29 is 14.3 Å². The van der Waals surface area contributed by atoms with Crippen molar-refractivity contribution >= 4 is 17.5 Å². The Morgan fingerprint density at radius 1 is 1.04 bits per heavy atom. The first kappa shape index (κ1) is 17.2. The summed E-state index contributed by atoms with van der Waals surface area (Å²) in [4.78, 5) is 11.8. The second-order valence-electron chi connectivity index (χ2n) is 5.03. The molecule has 0 atom stereocenters. The Morgan fingerprint density at radius 2 is 1.70 bits per heavy atom. The van der Waals surface area contributed by atoms with Crippen molar-refractivity contribution in [2.45, 2.75) is 19.4 Å². The number of carbonyl (C=O) groups is 1. The standard InChI is InChI=1S/C18H20ClNO3/c1-22-16-8-4-14(5-9-16)13-20-18(21)3-2-12-23-17-10-6-15(19)7-11-17/h4-11H,2-3,12-13H2,1H3,(H,20,21). The van der Waals surface area contributed by atoms with E-state index in [4.69, 9.17) is 21.1 Å². The third kappa shape index (κ3) is 6.20. The van der Waals surface area contributed by atoms with Crippen LogP contribution in [0.15, 0.2) is 48.5 Å². The van der Waals surface area contributed by atoms with E-state index < -0.39 is 0 Å². The summed E-state index contributed by atoms with van der Waals surface area (Å²) in [5.74, 6) is 1.58. The molecule has 0 saturated heterocycles. The van der Waals surface area contributed by atoms with Crippen LogP contribution in [0.1, 0.15) is 18.4 Å². The molecule has 0 spiro atoms. The van der Waals surface area contributed by atoms with E-state index >= 15 is 0 Å². The molecule has 5 heteroatoms. The smallest absolute Gasteiger partial charge is 0.220 e. The van der Waals surface area contributed by atoms with Crippen molar-refractivity contribution in [3.05, 3.63) is 59.1 Å². The van der Waals surface area contributed by atoms with Gasteiger partial charge in [0.25, 0.3) is 0 Å². The molecular weight excluding hydrogens is 314 g/mol. The fraction of sp³-hybridized carbons (Fsp3) is 0.278. The lowest BCUT2D eigenvalue weighted by Crippen LogP contribution is -2.22. The van der Waals surface area contributed by atoms with Crippen LogP contribution in [-0.4, -0.2) is 19.6 Å². The van der Waals surface area contributed by atoms with Crippen LogP contribution >= 0.6 is 11.6 Å². The Labute approximate surface area is 141 Å². The van der Waals surface area contributed by atoms with E-state index in [0.717, 1.165) is 17.1 Å². The van der Waals surface area contributed by atoms with Crippen molar-refractivity contribution in [2.75, 3.05) is 13.7 Å². The molecule has 0 aliphatic carbocycles. The molecular formula is C18H20ClNO3. The predicted molar refractivity (Wildman–Crippen MR) is 91.0 cm³/mol. The Morgan fingerprint density at radius 3 is 2.35 bits per heavy atom. The minimum atomic E-state index is 0.0144. The fourth-order valence-electron chi connectivity index (χ4n) is 1.99. The molecule has 0 saturated carbocycles. The average Bonchev–Trinajstić information content (AvgIpc) is 2.59. The number of hydrogen-bond donors (Lipinski definition) is 1. The highest BCUT2D eigenvalue weighted by atomic mass is 35.5. The Balaban J connectivity index is 1.62. The molecule has 4 nitrogen and oxygen atoms in total.